The molecule has 2 aromatic heterocycles. The van der Waals surface area contributed by atoms with Crippen LogP contribution in [0.25, 0.3) is 22.6 Å². The Morgan fingerprint density at radius 1 is 1.00 bits per heavy atom. The SMILES string of the molecule is CCOc1ccc(-c2noc(CSc3ccc(-c4ccccc4F)nn3)n2)cc1. The average Bonchev–Trinajstić information content (AvgIpc) is 3.23. The number of benzene rings is 2. The van der Waals surface area contributed by atoms with Gasteiger partial charge < -0.3 is 9.26 Å². The quantitative estimate of drug-likeness (QED) is 0.397. The first-order valence-corrected chi connectivity index (χ1v) is 9.98. The molecule has 0 aliphatic carbocycles. The molecule has 2 heterocycles. The first kappa shape index (κ1) is 19.1. The molecule has 0 aliphatic heterocycles. The lowest BCUT2D eigenvalue weighted by Crippen LogP contribution is -1.92. The molecule has 29 heavy (non-hydrogen) atoms. The maximum Gasteiger partial charge on any atom is 0.237 e. The van der Waals surface area contributed by atoms with Crippen molar-refractivity contribution in [2.75, 3.05) is 6.61 Å². The minimum absolute atomic E-state index is 0.324. The van der Waals surface area contributed by atoms with Gasteiger partial charge in [0.2, 0.25) is 11.7 Å². The highest BCUT2D eigenvalue weighted by molar-refractivity contribution is 7.98. The molecule has 0 aliphatic rings. The number of nitrogens with zero attached hydrogens (tertiary/aromatic N) is 4. The van der Waals surface area contributed by atoms with E-state index in [0.717, 1.165) is 11.3 Å². The fourth-order valence-corrected chi connectivity index (χ4v) is 3.29. The largest absolute Gasteiger partial charge is 0.494 e. The summed E-state index contributed by atoms with van der Waals surface area (Å²) in [7, 11) is 0. The van der Waals surface area contributed by atoms with Gasteiger partial charge in [-0.2, -0.15) is 4.98 Å². The van der Waals surface area contributed by atoms with Gasteiger partial charge in [0.25, 0.3) is 0 Å². The third-order valence-corrected chi connectivity index (χ3v) is 4.93. The van der Waals surface area contributed by atoms with Crippen LogP contribution in [0.2, 0.25) is 0 Å². The molecule has 0 radical (unpaired) electrons. The smallest absolute Gasteiger partial charge is 0.237 e. The van der Waals surface area contributed by atoms with E-state index in [0.29, 0.717) is 40.4 Å². The molecule has 0 fully saturated rings. The van der Waals surface area contributed by atoms with Crippen LogP contribution in [-0.4, -0.2) is 26.9 Å². The number of aromatic nitrogens is 4. The molecule has 0 saturated carbocycles. The van der Waals surface area contributed by atoms with Crippen molar-refractivity contribution in [3.8, 4) is 28.4 Å². The summed E-state index contributed by atoms with van der Waals surface area (Å²) in [6.07, 6.45) is 0. The zero-order valence-electron chi connectivity index (χ0n) is 15.6. The molecule has 6 nitrogen and oxygen atoms in total. The van der Waals surface area contributed by atoms with Gasteiger partial charge in [0.1, 0.15) is 16.6 Å². The summed E-state index contributed by atoms with van der Waals surface area (Å²) in [5.74, 6) is 1.93. The van der Waals surface area contributed by atoms with E-state index in [9.17, 15) is 4.39 Å². The summed E-state index contributed by atoms with van der Waals surface area (Å²) in [5, 5.41) is 13.0. The fraction of sp³-hybridized carbons (Fsp3) is 0.143. The first-order valence-electron chi connectivity index (χ1n) is 9.00. The zero-order valence-corrected chi connectivity index (χ0v) is 16.4. The van der Waals surface area contributed by atoms with E-state index in [1.165, 1.54) is 17.8 Å². The minimum Gasteiger partial charge on any atom is -0.494 e. The lowest BCUT2D eigenvalue weighted by Gasteiger charge is -2.02. The van der Waals surface area contributed by atoms with Gasteiger partial charge in [-0.05, 0) is 55.5 Å². The Morgan fingerprint density at radius 2 is 1.83 bits per heavy atom. The van der Waals surface area contributed by atoms with Crippen molar-refractivity contribution >= 4 is 11.8 Å². The second-order valence-corrected chi connectivity index (χ2v) is 6.99. The average molecular weight is 408 g/mol. The summed E-state index contributed by atoms with van der Waals surface area (Å²) >= 11 is 1.42. The molecule has 146 valence electrons. The molecule has 0 unspecified atom stereocenters. The number of ether oxygens (including phenoxy) is 1. The predicted octanol–water partition coefficient (Wildman–Crippen LogP) is 5.02. The van der Waals surface area contributed by atoms with Crippen molar-refractivity contribution in [1.82, 2.24) is 20.3 Å². The topological polar surface area (TPSA) is 73.9 Å². The highest BCUT2D eigenvalue weighted by Gasteiger charge is 2.11. The summed E-state index contributed by atoms with van der Waals surface area (Å²) in [6, 6.07) is 17.5. The molecule has 2 aromatic carbocycles. The van der Waals surface area contributed by atoms with E-state index in [2.05, 4.69) is 20.3 Å². The summed E-state index contributed by atoms with van der Waals surface area (Å²) in [6.45, 7) is 2.56. The van der Waals surface area contributed by atoms with Crippen LogP contribution in [0, 0.1) is 5.82 Å². The Balaban J connectivity index is 1.39. The van der Waals surface area contributed by atoms with Crippen molar-refractivity contribution in [3.05, 3.63) is 72.4 Å². The van der Waals surface area contributed by atoms with Gasteiger partial charge >= 0.3 is 0 Å². The zero-order chi connectivity index (χ0) is 20.1. The Bertz CT molecular complexity index is 1080. The lowest BCUT2D eigenvalue weighted by molar-refractivity contribution is 0.340. The molecule has 4 rings (SSSR count). The van der Waals surface area contributed by atoms with Crippen LogP contribution >= 0.6 is 11.8 Å². The predicted molar refractivity (Wildman–Crippen MR) is 108 cm³/mol. The highest BCUT2D eigenvalue weighted by Crippen LogP contribution is 2.25. The van der Waals surface area contributed by atoms with Gasteiger partial charge in [0.05, 0.1) is 18.1 Å². The molecular weight excluding hydrogens is 391 g/mol. The van der Waals surface area contributed by atoms with Crippen LogP contribution in [0.1, 0.15) is 12.8 Å². The van der Waals surface area contributed by atoms with E-state index >= 15 is 0 Å². The number of thioether (sulfide) groups is 1. The van der Waals surface area contributed by atoms with E-state index < -0.39 is 0 Å². The molecule has 0 atom stereocenters. The van der Waals surface area contributed by atoms with Crippen molar-refractivity contribution in [1.29, 1.82) is 0 Å². The van der Waals surface area contributed by atoms with Crippen molar-refractivity contribution in [3.63, 3.8) is 0 Å². The van der Waals surface area contributed by atoms with Crippen molar-refractivity contribution in [2.24, 2.45) is 0 Å². The molecule has 0 saturated heterocycles. The fourth-order valence-electron chi connectivity index (χ4n) is 2.64. The molecule has 0 bridgehead atoms. The van der Waals surface area contributed by atoms with Gasteiger partial charge in [-0.1, -0.05) is 29.1 Å². The van der Waals surface area contributed by atoms with Crippen molar-refractivity contribution < 1.29 is 13.7 Å². The summed E-state index contributed by atoms with van der Waals surface area (Å²) in [4.78, 5) is 4.41. The third-order valence-electron chi connectivity index (χ3n) is 4.03. The second kappa shape index (κ2) is 8.83. The maximum atomic E-state index is 13.8. The van der Waals surface area contributed by atoms with Crippen LogP contribution in [0.5, 0.6) is 5.75 Å². The van der Waals surface area contributed by atoms with Crippen LogP contribution in [-0.2, 0) is 5.75 Å². The molecule has 0 N–H and O–H groups in total. The van der Waals surface area contributed by atoms with E-state index in [-0.39, 0.29) is 5.82 Å². The Labute approximate surface area is 171 Å². The molecule has 0 amide bonds. The monoisotopic (exact) mass is 408 g/mol. The number of halogens is 1. The summed E-state index contributed by atoms with van der Waals surface area (Å²) in [5.41, 5.74) is 1.76. The molecular formula is C21H17FN4O2S. The van der Waals surface area contributed by atoms with E-state index in [4.69, 9.17) is 9.26 Å². The molecule has 0 spiro atoms. The van der Waals surface area contributed by atoms with E-state index in [1.807, 2.05) is 31.2 Å². The third kappa shape index (κ3) is 4.60. The first-order chi connectivity index (χ1) is 14.2. The van der Waals surface area contributed by atoms with Crippen LogP contribution in [0.4, 0.5) is 4.39 Å². The Morgan fingerprint density at radius 3 is 2.55 bits per heavy atom. The normalized spacial score (nSPS) is 10.8. The molecule has 8 heteroatoms. The number of hydrogen-bond acceptors (Lipinski definition) is 7. The molecule has 4 aromatic rings. The number of hydrogen-bond donors (Lipinski definition) is 0. The van der Waals surface area contributed by atoms with Gasteiger partial charge in [0, 0.05) is 11.1 Å². The van der Waals surface area contributed by atoms with Crippen molar-refractivity contribution in [2.45, 2.75) is 17.7 Å². The van der Waals surface area contributed by atoms with Gasteiger partial charge in [-0.15, -0.1) is 10.2 Å². The standard InChI is InChI=1S/C21H17FN4O2S/c1-2-27-15-9-7-14(8-10-15)21-23-19(28-26-21)13-29-20-12-11-18(24-25-20)16-5-3-4-6-17(16)22/h3-12H,2,13H2,1H3. The van der Waals surface area contributed by atoms with Gasteiger partial charge in [-0.3, -0.25) is 0 Å². The van der Waals surface area contributed by atoms with Crippen LogP contribution in [0.3, 0.4) is 0 Å². The van der Waals surface area contributed by atoms with Gasteiger partial charge in [-0.25, -0.2) is 4.39 Å². The Kier molecular flexibility index (Phi) is 5.81. The second-order valence-electron chi connectivity index (χ2n) is 5.99. The lowest BCUT2D eigenvalue weighted by atomic mass is 10.1. The minimum atomic E-state index is -0.324. The Hall–Kier alpha value is -3.26. The van der Waals surface area contributed by atoms with Crippen LogP contribution < -0.4 is 4.74 Å². The van der Waals surface area contributed by atoms with Gasteiger partial charge in [0.15, 0.2) is 0 Å². The number of rotatable bonds is 7. The van der Waals surface area contributed by atoms with E-state index in [1.54, 1.807) is 30.3 Å². The maximum absolute atomic E-state index is 13.8. The summed E-state index contributed by atoms with van der Waals surface area (Å²) < 4.78 is 24.6. The highest BCUT2D eigenvalue weighted by atomic mass is 32.2. The van der Waals surface area contributed by atoms with Crippen LogP contribution in [0.15, 0.2) is 70.2 Å².